The quantitative estimate of drug-likeness (QED) is 0.750. The molecule has 1 aliphatic heterocycles. The molecule has 2 N–H and O–H groups in total. The molecule has 0 bridgehead atoms. The zero-order valence-corrected chi connectivity index (χ0v) is 13.3. The van der Waals surface area contributed by atoms with E-state index in [0.717, 1.165) is 11.0 Å². The van der Waals surface area contributed by atoms with Crippen LogP contribution in [-0.2, 0) is 4.79 Å². The number of hydrogen-bond acceptors (Lipinski definition) is 5. The van der Waals surface area contributed by atoms with Gasteiger partial charge in [0.15, 0.2) is 17.4 Å². The van der Waals surface area contributed by atoms with E-state index in [9.17, 15) is 15.2 Å². The Kier molecular flexibility index (Phi) is 3.32. The van der Waals surface area contributed by atoms with E-state index in [-0.39, 0.29) is 11.5 Å². The number of phenolic OH excluding ortho intramolecular Hbond substituents is 1. The number of carbonyl (C=O) groups excluding carboxylic acids is 1. The predicted molar refractivity (Wildman–Crippen MR) is 90.3 cm³/mol. The fourth-order valence-corrected chi connectivity index (χ4v) is 3.24. The van der Waals surface area contributed by atoms with E-state index in [2.05, 4.69) is 16.4 Å². The van der Waals surface area contributed by atoms with Gasteiger partial charge in [0.05, 0.1) is 30.3 Å². The summed E-state index contributed by atoms with van der Waals surface area (Å²) in [4.78, 5) is 16.9. The van der Waals surface area contributed by atoms with Gasteiger partial charge in [-0.3, -0.25) is 10.1 Å². The lowest BCUT2D eigenvalue weighted by molar-refractivity contribution is -0.119. The molecule has 25 heavy (non-hydrogen) atoms. The molecule has 0 saturated heterocycles. The molecule has 7 nitrogen and oxygen atoms in total. The first-order valence-corrected chi connectivity index (χ1v) is 7.68. The molecule has 0 fully saturated rings. The van der Waals surface area contributed by atoms with Crippen LogP contribution in [0.15, 0.2) is 42.5 Å². The van der Waals surface area contributed by atoms with Crippen LogP contribution in [0.1, 0.15) is 11.6 Å². The number of carbonyl (C=O) groups is 1. The number of rotatable bonds is 2. The molecule has 0 aliphatic carbocycles. The normalized spacial score (nSPS) is 19.1. The average Bonchev–Trinajstić information content (AvgIpc) is 2.98. The van der Waals surface area contributed by atoms with Crippen LogP contribution >= 0.6 is 0 Å². The van der Waals surface area contributed by atoms with E-state index in [1.807, 2.05) is 28.8 Å². The molecule has 1 aromatic heterocycles. The van der Waals surface area contributed by atoms with Gasteiger partial charge in [0.2, 0.25) is 11.9 Å². The van der Waals surface area contributed by atoms with E-state index in [1.165, 1.54) is 13.2 Å². The minimum Gasteiger partial charge on any atom is -0.504 e. The van der Waals surface area contributed by atoms with Crippen LogP contribution in [0.3, 0.4) is 0 Å². The molecule has 1 aliphatic rings. The number of anilines is 1. The molecule has 124 valence electrons. The highest BCUT2D eigenvalue weighted by molar-refractivity contribution is 5.97. The number of nitriles is 1. The zero-order valence-electron chi connectivity index (χ0n) is 13.3. The minimum atomic E-state index is -0.931. The number of benzene rings is 2. The van der Waals surface area contributed by atoms with Crippen LogP contribution in [0.25, 0.3) is 11.0 Å². The number of aromatic hydroxyl groups is 1. The highest BCUT2D eigenvalue weighted by atomic mass is 16.5. The number of phenols is 1. The van der Waals surface area contributed by atoms with Crippen molar-refractivity contribution in [3.8, 4) is 17.6 Å². The average molecular weight is 334 g/mol. The van der Waals surface area contributed by atoms with E-state index in [0.29, 0.717) is 11.5 Å². The Morgan fingerprint density at radius 1 is 1.32 bits per heavy atom. The molecule has 0 unspecified atom stereocenters. The summed E-state index contributed by atoms with van der Waals surface area (Å²) in [5.41, 5.74) is 2.22. The Bertz CT molecular complexity index is 1030. The van der Waals surface area contributed by atoms with Crippen molar-refractivity contribution in [1.29, 1.82) is 5.26 Å². The highest BCUT2D eigenvalue weighted by Gasteiger charge is 2.39. The Morgan fingerprint density at radius 3 is 2.88 bits per heavy atom. The van der Waals surface area contributed by atoms with Crippen molar-refractivity contribution in [2.24, 2.45) is 5.92 Å². The van der Waals surface area contributed by atoms with Crippen molar-refractivity contribution in [2.45, 2.75) is 6.04 Å². The molecule has 7 heteroatoms. The van der Waals surface area contributed by atoms with Gasteiger partial charge in [0, 0.05) is 0 Å². The maximum Gasteiger partial charge on any atom is 0.246 e. The van der Waals surface area contributed by atoms with Crippen LogP contribution < -0.4 is 10.1 Å². The molecular weight excluding hydrogens is 320 g/mol. The van der Waals surface area contributed by atoms with Crippen molar-refractivity contribution in [3.05, 3.63) is 48.0 Å². The number of para-hydroxylation sites is 2. The van der Waals surface area contributed by atoms with E-state index in [4.69, 9.17) is 4.74 Å². The number of amides is 1. The van der Waals surface area contributed by atoms with Crippen molar-refractivity contribution in [2.75, 3.05) is 12.4 Å². The third-order valence-corrected chi connectivity index (χ3v) is 4.39. The number of fused-ring (bicyclic) bond motifs is 3. The summed E-state index contributed by atoms with van der Waals surface area (Å²) in [5.74, 6) is -0.654. The molecular formula is C18H14N4O3. The van der Waals surface area contributed by atoms with Gasteiger partial charge in [-0.1, -0.05) is 18.2 Å². The molecule has 0 saturated carbocycles. The molecule has 2 aromatic carbocycles. The minimum absolute atomic E-state index is 0.00395. The Hall–Kier alpha value is -3.53. The summed E-state index contributed by atoms with van der Waals surface area (Å²) < 4.78 is 7.01. The van der Waals surface area contributed by atoms with Crippen molar-refractivity contribution in [3.63, 3.8) is 0 Å². The number of nitrogens with zero attached hydrogens (tertiary/aromatic N) is 3. The summed E-state index contributed by atoms with van der Waals surface area (Å²) in [6.45, 7) is 0. The first-order valence-electron chi connectivity index (χ1n) is 7.68. The summed E-state index contributed by atoms with van der Waals surface area (Å²) >= 11 is 0. The van der Waals surface area contributed by atoms with Gasteiger partial charge in [0.1, 0.15) is 0 Å². The summed E-state index contributed by atoms with van der Waals surface area (Å²) in [6, 6.07) is 13.8. The lowest BCUT2D eigenvalue weighted by Gasteiger charge is -2.30. The monoisotopic (exact) mass is 334 g/mol. The van der Waals surface area contributed by atoms with Gasteiger partial charge >= 0.3 is 0 Å². The van der Waals surface area contributed by atoms with Gasteiger partial charge in [-0.2, -0.15) is 5.26 Å². The van der Waals surface area contributed by atoms with Gasteiger partial charge in [-0.25, -0.2) is 4.98 Å². The predicted octanol–water partition coefficient (Wildman–Crippen LogP) is 2.43. The van der Waals surface area contributed by atoms with E-state index < -0.39 is 17.9 Å². The second-order valence-electron chi connectivity index (χ2n) is 5.77. The number of nitrogens with one attached hydrogen (secondary N) is 1. The summed E-state index contributed by atoms with van der Waals surface area (Å²) in [6.07, 6.45) is 0. The van der Waals surface area contributed by atoms with Gasteiger partial charge in [-0.05, 0) is 29.8 Å². The number of hydrogen-bond donors (Lipinski definition) is 2. The molecule has 2 heterocycles. The van der Waals surface area contributed by atoms with Crippen LogP contribution in [0, 0.1) is 17.2 Å². The van der Waals surface area contributed by atoms with Gasteiger partial charge < -0.3 is 14.4 Å². The molecule has 0 spiro atoms. The highest BCUT2D eigenvalue weighted by Crippen LogP contribution is 2.40. The second kappa shape index (κ2) is 5.53. The molecule has 0 radical (unpaired) electrons. The Balaban J connectivity index is 1.99. The number of aromatic nitrogens is 2. The van der Waals surface area contributed by atoms with E-state index in [1.54, 1.807) is 12.1 Å². The number of imidazole rings is 1. The molecule has 4 rings (SSSR count). The first kappa shape index (κ1) is 15.0. The molecule has 1 amide bonds. The molecule has 2 atom stereocenters. The SMILES string of the molecule is COc1cc([C@H]2[C@@H](C#N)C(=O)Nc3nc4ccccc4n32)ccc1O. The standard InChI is InChI=1S/C18H14N4O3/c1-25-15-8-10(6-7-14(15)23)16-11(9-19)17(24)21-18-20-12-4-2-3-5-13(12)22(16)18/h2-8,11,16,23H,1H3,(H,20,21,24)/t11-,16+/m1/s1. The van der Waals surface area contributed by atoms with Crippen molar-refractivity contribution < 1.29 is 14.6 Å². The van der Waals surface area contributed by atoms with Crippen molar-refractivity contribution >= 4 is 22.9 Å². The first-order chi connectivity index (χ1) is 12.1. The fraction of sp³-hybridized carbons (Fsp3) is 0.167. The largest absolute Gasteiger partial charge is 0.504 e. The second-order valence-corrected chi connectivity index (χ2v) is 5.77. The van der Waals surface area contributed by atoms with Crippen molar-refractivity contribution in [1.82, 2.24) is 9.55 Å². The topological polar surface area (TPSA) is 100 Å². The van der Waals surface area contributed by atoms with Gasteiger partial charge in [-0.15, -0.1) is 0 Å². The maximum absolute atomic E-state index is 12.4. The van der Waals surface area contributed by atoms with Crippen LogP contribution in [0.5, 0.6) is 11.5 Å². The summed E-state index contributed by atoms with van der Waals surface area (Å²) in [5, 5.41) is 22.1. The third kappa shape index (κ3) is 2.19. The lowest BCUT2D eigenvalue weighted by Crippen LogP contribution is -2.37. The lowest BCUT2D eigenvalue weighted by atomic mass is 9.91. The molecule has 3 aromatic rings. The smallest absolute Gasteiger partial charge is 0.246 e. The number of ether oxygens (including phenoxy) is 1. The maximum atomic E-state index is 12.4. The fourth-order valence-electron chi connectivity index (χ4n) is 3.24. The van der Waals surface area contributed by atoms with Crippen LogP contribution in [0.4, 0.5) is 5.95 Å². The zero-order chi connectivity index (χ0) is 17.6. The summed E-state index contributed by atoms with van der Waals surface area (Å²) in [7, 11) is 1.45. The van der Waals surface area contributed by atoms with Crippen LogP contribution in [0.2, 0.25) is 0 Å². The van der Waals surface area contributed by atoms with E-state index >= 15 is 0 Å². The van der Waals surface area contributed by atoms with Crippen LogP contribution in [-0.4, -0.2) is 27.7 Å². The van der Waals surface area contributed by atoms with Gasteiger partial charge in [0.25, 0.3) is 0 Å². The Morgan fingerprint density at radius 2 is 2.12 bits per heavy atom. The number of methoxy groups -OCH3 is 1. The third-order valence-electron chi connectivity index (χ3n) is 4.39. The Labute approximate surface area is 143 Å².